The summed E-state index contributed by atoms with van der Waals surface area (Å²) in [6.45, 7) is 1.80. The predicted molar refractivity (Wildman–Crippen MR) is 73.6 cm³/mol. The number of amides is 1. The molecule has 116 valence electrons. The summed E-state index contributed by atoms with van der Waals surface area (Å²) in [4.78, 5) is 24.0. The zero-order chi connectivity index (χ0) is 15.2. The second-order valence-corrected chi connectivity index (χ2v) is 7.31. The Labute approximate surface area is 119 Å². The molecule has 0 aromatic carbocycles. The lowest BCUT2D eigenvalue weighted by molar-refractivity contribution is -0.147. The standard InChI is InChI=1S/C12H22N2O5S/c1-19-12(16)10-2-5-14(6-3-10)7-9-20(17,18)8-4-11(13)15/h10H,2-9H2,1H3,(H2,13,15). The van der Waals surface area contributed by atoms with Crippen LogP contribution >= 0.6 is 0 Å². The van der Waals surface area contributed by atoms with Crippen LogP contribution in [0.1, 0.15) is 19.3 Å². The van der Waals surface area contributed by atoms with Crippen LogP contribution in [0.3, 0.4) is 0 Å². The highest BCUT2D eigenvalue weighted by Gasteiger charge is 2.26. The molecule has 7 nitrogen and oxygen atoms in total. The molecule has 1 fully saturated rings. The van der Waals surface area contributed by atoms with E-state index < -0.39 is 15.7 Å². The SMILES string of the molecule is COC(=O)C1CCN(CCS(=O)(=O)CCC(N)=O)CC1. The lowest BCUT2D eigenvalue weighted by atomic mass is 9.97. The van der Waals surface area contributed by atoms with Gasteiger partial charge in [-0.1, -0.05) is 0 Å². The van der Waals surface area contributed by atoms with E-state index in [1.165, 1.54) is 7.11 Å². The molecule has 20 heavy (non-hydrogen) atoms. The quantitative estimate of drug-likeness (QED) is 0.615. The number of nitrogens with zero attached hydrogens (tertiary/aromatic N) is 1. The number of primary amides is 1. The van der Waals surface area contributed by atoms with Crippen LogP contribution in [0.25, 0.3) is 0 Å². The molecule has 1 amide bonds. The predicted octanol–water partition coefficient (Wildman–Crippen LogP) is -0.838. The smallest absolute Gasteiger partial charge is 0.308 e. The Kier molecular flexibility index (Phi) is 6.41. The lowest BCUT2D eigenvalue weighted by Gasteiger charge is -2.30. The summed E-state index contributed by atoms with van der Waals surface area (Å²) in [7, 11) is -1.87. The lowest BCUT2D eigenvalue weighted by Crippen LogP contribution is -2.39. The van der Waals surface area contributed by atoms with E-state index in [0.29, 0.717) is 32.5 Å². The number of hydrogen-bond acceptors (Lipinski definition) is 6. The van der Waals surface area contributed by atoms with E-state index in [9.17, 15) is 18.0 Å². The fourth-order valence-corrected chi connectivity index (χ4v) is 3.44. The van der Waals surface area contributed by atoms with Gasteiger partial charge >= 0.3 is 5.97 Å². The number of rotatable bonds is 7. The molecule has 2 N–H and O–H groups in total. The third kappa shape index (κ3) is 5.87. The van der Waals surface area contributed by atoms with Crippen molar-refractivity contribution in [3.63, 3.8) is 0 Å². The fourth-order valence-electron chi connectivity index (χ4n) is 2.19. The van der Waals surface area contributed by atoms with Crippen molar-refractivity contribution in [2.24, 2.45) is 11.7 Å². The summed E-state index contributed by atoms with van der Waals surface area (Å²) in [5, 5.41) is 0. The molecule has 0 bridgehead atoms. The van der Waals surface area contributed by atoms with Gasteiger partial charge in [0, 0.05) is 13.0 Å². The Hall–Kier alpha value is -1.15. The van der Waals surface area contributed by atoms with E-state index >= 15 is 0 Å². The summed E-state index contributed by atoms with van der Waals surface area (Å²) in [6.07, 6.45) is 1.24. The fraction of sp³-hybridized carbons (Fsp3) is 0.833. The Morgan fingerprint density at radius 2 is 1.85 bits per heavy atom. The first-order valence-corrected chi connectivity index (χ1v) is 8.45. The second kappa shape index (κ2) is 7.58. The van der Waals surface area contributed by atoms with Gasteiger partial charge in [-0.15, -0.1) is 0 Å². The van der Waals surface area contributed by atoms with Crippen molar-refractivity contribution in [3.8, 4) is 0 Å². The van der Waals surface area contributed by atoms with Gasteiger partial charge in [-0.25, -0.2) is 8.42 Å². The molecule has 0 aromatic heterocycles. The Balaban J connectivity index is 2.30. The minimum atomic E-state index is -3.24. The van der Waals surface area contributed by atoms with Crippen LogP contribution in [0.5, 0.6) is 0 Å². The average molecular weight is 306 g/mol. The summed E-state index contributed by atoms with van der Waals surface area (Å²) >= 11 is 0. The maximum absolute atomic E-state index is 11.7. The van der Waals surface area contributed by atoms with E-state index in [1.54, 1.807) is 0 Å². The molecule has 0 radical (unpaired) electrons. The Bertz CT molecular complexity index is 441. The number of methoxy groups -OCH3 is 1. The van der Waals surface area contributed by atoms with Gasteiger partial charge in [0.25, 0.3) is 0 Å². The minimum absolute atomic E-state index is 0.0170. The van der Waals surface area contributed by atoms with Crippen molar-refractivity contribution in [1.29, 1.82) is 0 Å². The number of sulfone groups is 1. The molecule has 0 atom stereocenters. The molecular weight excluding hydrogens is 284 g/mol. The number of likely N-dealkylation sites (tertiary alicyclic amines) is 1. The van der Waals surface area contributed by atoms with E-state index in [1.807, 2.05) is 4.90 Å². The molecule has 1 saturated heterocycles. The van der Waals surface area contributed by atoms with Crippen LogP contribution in [0.15, 0.2) is 0 Å². The summed E-state index contributed by atoms with van der Waals surface area (Å²) in [5.74, 6) is -1.06. The monoisotopic (exact) mass is 306 g/mol. The van der Waals surface area contributed by atoms with E-state index in [4.69, 9.17) is 10.5 Å². The number of hydrogen-bond donors (Lipinski definition) is 1. The van der Waals surface area contributed by atoms with Gasteiger partial charge in [-0.2, -0.15) is 0 Å². The molecule has 1 aliphatic heterocycles. The number of esters is 1. The highest BCUT2D eigenvalue weighted by atomic mass is 32.2. The van der Waals surface area contributed by atoms with Gasteiger partial charge in [-0.05, 0) is 25.9 Å². The Morgan fingerprint density at radius 3 is 2.35 bits per heavy atom. The van der Waals surface area contributed by atoms with E-state index in [2.05, 4.69) is 0 Å². The van der Waals surface area contributed by atoms with Crippen molar-refractivity contribution in [1.82, 2.24) is 4.90 Å². The van der Waals surface area contributed by atoms with Crippen LogP contribution in [-0.2, 0) is 24.2 Å². The topological polar surface area (TPSA) is 107 Å². The molecule has 0 unspecified atom stereocenters. The maximum atomic E-state index is 11.7. The third-order valence-electron chi connectivity index (χ3n) is 3.50. The highest BCUT2D eigenvalue weighted by Crippen LogP contribution is 2.18. The third-order valence-corrected chi connectivity index (χ3v) is 5.13. The van der Waals surface area contributed by atoms with Crippen molar-refractivity contribution >= 4 is 21.7 Å². The second-order valence-electron chi connectivity index (χ2n) is 5.01. The van der Waals surface area contributed by atoms with Crippen LogP contribution in [-0.4, -0.2) is 63.4 Å². The van der Waals surface area contributed by atoms with Gasteiger partial charge in [0.1, 0.15) is 0 Å². The molecule has 1 rings (SSSR count). The number of piperidine rings is 1. The highest BCUT2D eigenvalue weighted by molar-refractivity contribution is 7.91. The molecule has 8 heteroatoms. The first kappa shape index (κ1) is 16.9. The summed E-state index contributed by atoms with van der Waals surface area (Å²) in [5.41, 5.74) is 4.94. The van der Waals surface area contributed by atoms with Crippen LogP contribution in [0, 0.1) is 5.92 Å². The van der Waals surface area contributed by atoms with E-state index in [0.717, 1.165) is 0 Å². The van der Waals surface area contributed by atoms with E-state index in [-0.39, 0.29) is 29.8 Å². The summed E-state index contributed by atoms with van der Waals surface area (Å²) in [6, 6.07) is 0. The first-order chi connectivity index (χ1) is 9.34. The van der Waals surface area contributed by atoms with Crippen molar-refractivity contribution in [2.45, 2.75) is 19.3 Å². The first-order valence-electron chi connectivity index (χ1n) is 6.63. The van der Waals surface area contributed by atoms with Gasteiger partial charge in [0.2, 0.25) is 5.91 Å². The number of ether oxygens (including phenoxy) is 1. The largest absolute Gasteiger partial charge is 0.469 e. The van der Waals surface area contributed by atoms with Gasteiger partial charge in [0.15, 0.2) is 9.84 Å². The molecule has 0 spiro atoms. The summed E-state index contributed by atoms with van der Waals surface area (Å²) < 4.78 is 28.1. The zero-order valence-electron chi connectivity index (χ0n) is 11.7. The maximum Gasteiger partial charge on any atom is 0.308 e. The van der Waals surface area contributed by atoms with Crippen molar-refractivity contribution in [3.05, 3.63) is 0 Å². The molecule has 0 saturated carbocycles. The minimum Gasteiger partial charge on any atom is -0.469 e. The Morgan fingerprint density at radius 1 is 1.25 bits per heavy atom. The molecule has 0 aromatic rings. The van der Waals surface area contributed by atoms with Crippen molar-refractivity contribution < 1.29 is 22.7 Å². The normalized spacial score (nSPS) is 17.9. The van der Waals surface area contributed by atoms with Crippen molar-refractivity contribution in [2.75, 3.05) is 38.2 Å². The van der Waals surface area contributed by atoms with Crippen LogP contribution in [0.2, 0.25) is 0 Å². The zero-order valence-corrected chi connectivity index (χ0v) is 12.5. The van der Waals surface area contributed by atoms with Crippen LogP contribution < -0.4 is 5.73 Å². The molecular formula is C12H22N2O5S. The molecule has 1 heterocycles. The number of carbonyl (C=O) groups excluding carboxylic acids is 2. The van der Waals surface area contributed by atoms with Gasteiger partial charge in [0.05, 0.1) is 24.5 Å². The average Bonchev–Trinajstić information content (AvgIpc) is 2.43. The number of nitrogens with two attached hydrogens (primary N) is 1. The van der Waals surface area contributed by atoms with Crippen LogP contribution in [0.4, 0.5) is 0 Å². The molecule has 1 aliphatic rings. The number of carbonyl (C=O) groups is 2. The van der Waals surface area contributed by atoms with Gasteiger partial charge < -0.3 is 15.4 Å². The van der Waals surface area contributed by atoms with Gasteiger partial charge in [-0.3, -0.25) is 9.59 Å². The molecule has 0 aliphatic carbocycles.